The molecule has 0 spiro atoms. The smallest absolute Gasteiger partial charge is 0.313 e. The maximum absolute atomic E-state index is 11.8. The molecule has 1 aliphatic rings. The van der Waals surface area contributed by atoms with Crippen LogP contribution in [0.3, 0.4) is 0 Å². The molecule has 7 heteroatoms. The number of nitro groups is 1. The zero-order valence-corrected chi connectivity index (χ0v) is 12.1. The topological polar surface area (TPSA) is 107 Å². The number of rotatable bonds is 7. The minimum Gasteiger partial charge on any atom is -0.484 e. The summed E-state index contributed by atoms with van der Waals surface area (Å²) in [5.74, 6) is -0.229. The van der Waals surface area contributed by atoms with Crippen LogP contribution in [0.4, 0.5) is 5.69 Å². The van der Waals surface area contributed by atoms with Crippen molar-refractivity contribution in [3.63, 3.8) is 0 Å². The highest BCUT2D eigenvalue weighted by Crippen LogP contribution is 2.40. The summed E-state index contributed by atoms with van der Waals surface area (Å²) in [5, 5.41) is 14.1. The van der Waals surface area contributed by atoms with Crippen molar-refractivity contribution in [3.8, 4) is 5.75 Å². The van der Waals surface area contributed by atoms with E-state index in [4.69, 9.17) is 10.5 Å². The Balaban J connectivity index is 2.24. The van der Waals surface area contributed by atoms with E-state index in [0.717, 1.165) is 12.8 Å². The molecular formula is C14H19N3O4. The zero-order valence-electron chi connectivity index (χ0n) is 12.1. The number of benzene rings is 1. The van der Waals surface area contributed by atoms with Gasteiger partial charge in [-0.2, -0.15) is 0 Å². The molecule has 1 aliphatic carbocycles. The molecule has 0 aliphatic heterocycles. The average molecular weight is 293 g/mol. The standard InChI is InChI=1S/C14H19N3O4/c1-9-4-3-5-11(12(9)17(19)20)21-8-14(16-2,13(15)18)10-6-7-10/h3-5,10,16H,6-8H2,1-2H3,(H2,15,18). The number of nitrogens with two attached hydrogens (primary N) is 1. The van der Waals surface area contributed by atoms with E-state index in [1.54, 1.807) is 26.1 Å². The Morgan fingerprint density at radius 2 is 2.24 bits per heavy atom. The van der Waals surface area contributed by atoms with Gasteiger partial charge in [-0.25, -0.2) is 0 Å². The Labute approximate surface area is 122 Å². The molecule has 114 valence electrons. The molecule has 0 saturated heterocycles. The lowest BCUT2D eigenvalue weighted by molar-refractivity contribution is -0.386. The van der Waals surface area contributed by atoms with E-state index >= 15 is 0 Å². The third-order valence-corrected chi connectivity index (χ3v) is 4.00. The van der Waals surface area contributed by atoms with Crippen molar-refractivity contribution in [3.05, 3.63) is 33.9 Å². The molecule has 1 unspecified atom stereocenters. The van der Waals surface area contributed by atoms with Crippen LogP contribution in [-0.4, -0.2) is 30.0 Å². The summed E-state index contributed by atoms with van der Waals surface area (Å²) in [6.07, 6.45) is 1.78. The van der Waals surface area contributed by atoms with Crippen molar-refractivity contribution in [2.45, 2.75) is 25.3 Å². The number of hydrogen-bond donors (Lipinski definition) is 2. The van der Waals surface area contributed by atoms with Gasteiger partial charge in [0.15, 0.2) is 5.75 Å². The van der Waals surface area contributed by atoms with Crippen LogP contribution in [0.25, 0.3) is 0 Å². The number of hydrogen-bond acceptors (Lipinski definition) is 5. The first kappa shape index (κ1) is 15.2. The van der Waals surface area contributed by atoms with Gasteiger partial charge in [-0.3, -0.25) is 14.9 Å². The molecule has 1 fully saturated rings. The number of nitrogens with zero attached hydrogens (tertiary/aromatic N) is 1. The van der Waals surface area contributed by atoms with Crippen LogP contribution in [-0.2, 0) is 4.79 Å². The highest BCUT2D eigenvalue weighted by Gasteiger charge is 2.50. The first-order chi connectivity index (χ1) is 9.92. The fourth-order valence-electron chi connectivity index (χ4n) is 2.54. The van der Waals surface area contributed by atoms with Gasteiger partial charge in [0.2, 0.25) is 5.91 Å². The second kappa shape index (κ2) is 5.69. The molecule has 1 atom stereocenters. The largest absolute Gasteiger partial charge is 0.484 e. The third-order valence-electron chi connectivity index (χ3n) is 4.00. The van der Waals surface area contributed by atoms with Crippen LogP contribution in [0, 0.1) is 23.0 Å². The number of ether oxygens (including phenoxy) is 1. The molecule has 0 aromatic heterocycles. The molecule has 1 aromatic carbocycles. The van der Waals surface area contributed by atoms with Gasteiger partial charge in [-0.15, -0.1) is 0 Å². The highest BCUT2D eigenvalue weighted by atomic mass is 16.6. The van der Waals surface area contributed by atoms with Crippen LogP contribution in [0.15, 0.2) is 18.2 Å². The number of primary amides is 1. The molecule has 1 saturated carbocycles. The lowest BCUT2D eigenvalue weighted by Gasteiger charge is -2.30. The summed E-state index contributed by atoms with van der Waals surface area (Å²) < 4.78 is 5.59. The summed E-state index contributed by atoms with van der Waals surface area (Å²) in [5.41, 5.74) is 4.96. The maximum atomic E-state index is 11.8. The van der Waals surface area contributed by atoms with Gasteiger partial charge in [0.25, 0.3) is 0 Å². The van der Waals surface area contributed by atoms with Gasteiger partial charge in [0.05, 0.1) is 4.92 Å². The molecule has 21 heavy (non-hydrogen) atoms. The van der Waals surface area contributed by atoms with E-state index in [1.165, 1.54) is 6.07 Å². The van der Waals surface area contributed by atoms with Gasteiger partial charge < -0.3 is 15.8 Å². The zero-order chi connectivity index (χ0) is 15.6. The molecule has 0 bridgehead atoms. The van der Waals surface area contributed by atoms with Crippen molar-refractivity contribution >= 4 is 11.6 Å². The number of nitrogens with one attached hydrogen (secondary N) is 1. The second-order valence-corrected chi connectivity index (χ2v) is 5.33. The molecular weight excluding hydrogens is 274 g/mol. The van der Waals surface area contributed by atoms with E-state index < -0.39 is 16.4 Å². The van der Waals surface area contributed by atoms with Crippen LogP contribution in [0.1, 0.15) is 18.4 Å². The number of carbonyl (C=O) groups excluding carboxylic acids is 1. The lowest BCUT2D eigenvalue weighted by Crippen LogP contribution is -2.59. The first-order valence-electron chi connectivity index (χ1n) is 6.78. The van der Waals surface area contributed by atoms with Crippen LogP contribution < -0.4 is 15.8 Å². The average Bonchev–Trinajstić information content (AvgIpc) is 3.24. The maximum Gasteiger partial charge on any atom is 0.313 e. The van der Waals surface area contributed by atoms with Gasteiger partial charge >= 0.3 is 5.69 Å². The van der Waals surface area contributed by atoms with Gasteiger partial charge in [-0.05, 0) is 38.8 Å². The van der Waals surface area contributed by atoms with Crippen molar-refractivity contribution in [1.82, 2.24) is 5.32 Å². The first-order valence-corrected chi connectivity index (χ1v) is 6.78. The fraction of sp³-hybridized carbons (Fsp3) is 0.500. The number of para-hydroxylation sites is 1. The van der Waals surface area contributed by atoms with Crippen molar-refractivity contribution in [2.75, 3.05) is 13.7 Å². The number of nitro benzene ring substituents is 1. The van der Waals surface area contributed by atoms with E-state index in [9.17, 15) is 14.9 Å². The summed E-state index contributed by atoms with van der Waals surface area (Å²) in [6, 6.07) is 4.85. The molecule has 2 rings (SSSR count). The quantitative estimate of drug-likeness (QED) is 0.579. The van der Waals surface area contributed by atoms with Crippen LogP contribution in [0.5, 0.6) is 5.75 Å². The van der Waals surface area contributed by atoms with Crippen molar-refractivity contribution < 1.29 is 14.5 Å². The minimum absolute atomic E-state index is 0.0200. The van der Waals surface area contributed by atoms with Gasteiger partial charge in [0, 0.05) is 5.56 Å². The van der Waals surface area contributed by atoms with Gasteiger partial charge in [0.1, 0.15) is 12.1 Å². The SMILES string of the molecule is CNC(COc1cccc(C)c1[N+](=O)[O-])(C(N)=O)C1CC1. The number of likely N-dealkylation sites (N-methyl/N-ethyl adjacent to an activating group) is 1. The Bertz CT molecular complexity index is 571. The van der Waals surface area contributed by atoms with Crippen molar-refractivity contribution in [1.29, 1.82) is 0 Å². The van der Waals surface area contributed by atoms with Crippen molar-refractivity contribution in [2.24, 2.45) is 11.7 Å². The Morgan fingerprint density at radius 3 is 2.71 bits per heavy atom. The Morgan fingerprint density at radius 1 is 1.57 bits per heavy atom. The number of carbonyl (C=O) groups is 1. The monoisotopic (exact) mass is 293 g/mol. The summed E-state index contributed by atoms with van der Waals surface area (Å²) in [6.45, 7) is 1.62. The predicted octanol–water partition coefficient (Wildman–Crippen LogP) is 1.14. The minimum atomic E-state index is -0.975. The number of aryl methyl sites for hydroxylation is 1. The second-order valence-electron chi connectivity index (χ2n) is 5.33. The van der Waals surface area contributed by atoms with Crippen LogP contribution >= 0.6 is 0 Å². The lowest BCUT2D eigenvalue weighted by atomic mass is 9.93. The summed E-state index contributed by atoms with van der Waals surface area (Å²) >= 11 is 0. The third kappa shape index (κ3) is 2.82. The molecule has 1 aromatic rings. The predicted molar refractivity (Wildman–Crippen MR) is 77.0 cm³/mol. The van der Waals surface area contributed by atoms with Crippen LogP contribution in [0.2, 0.25) is 0 Å². The molecule has 3 N–H and O–H groups in total. The van der Waals surface area contributed by atoms with Gasteiger partial charge in [-0.1, -0.05) is 12.1 Å². The molecule has 0 radical (unpaired) electrons. The fourth-order valence-corrected chi connectivity index (χ4v) is 2.54. The normalized spacial score (nSPS) is 17.0. The Hall–Kier alpha value is -2.15. The molecule has 0 heterocycles. The van der Waals surface area contributed by atoms with E-state index in [1.807, 2.05) is 0 Å². The van der Waals surface area contributed by atoms with E-state index in [2.05, 4.69) is 5.32 Å². The Kier molecular flexibility index (Phi) is 4.13. The number of amides is 1. The summed E-state index contributed by atoms with van der Waals surface area (Å²) in [7, 11) is 1.65. The molecule has 1 amide bonds. The molecule has 7 nitrogen and oxygen atoms in total. The van der Waals surface area contributed by atoms with E-state index in [0.29, 0.717) is 5.56 Å². The summed E-state index contributed by atoms with van der Waals surface area (Å²) in [4.78, 5) is 22.4. The van der Waals surface area contributed by atoms with E-state index in [-0.39, 0.29) is 24.0 Å². The highest BCUT2D eigenvalue weighted by molar-refractivity contribution is 5.85.